The van der Waals surface area contributed by atoms with E-state index in [4.69, 9.17) is 14.5 Å². The SMILES string of the molecule is CCNC(=NCC(C)(C)c1ccc2c(c1)OCCO2)NC1CCN(CC(F)(F)F)C1. The lowest BCUT2D eigenvalue weighted by atomic mass is 9.84. The number of benzene rings is 1. The number of hydrogen-bond donors (Lipinski definition) is 2. The van der Waals surface area contributed by atoms with Crippen LogP contribution in [0.3, 0.4) is 0 Å². The van der Waals surface area contributed by atoms with E-state index in [2.05, 4.69) is 24.5 Å². The topological polar surface area (TPSA) is 58.1 Å². The van der Waals surface area contributed by atoms with Crippen LogP contribution in [0.15, 0.2) is 23.2 Å². The fourth-order valence-electron chi connectivity index (χ4n) is 3.69. The van der Waals surface area contributed by atoms with Crippen LogP contribution in [-0.4, -0.2) is 69.0 Å². The summed E-state index contributed by atoms with van der Waals surface area (Å²) in [4.78, 5) is 6.15. The highest BCUT2D eigenvalue weighted by atomic mass is 19.4. The van der Waals surface area contributed by atoms with Gasteiger partial charge in [-0.25, -0.2) is 0 Å². The first-order valence-electron chi connectivity index (χ1n) is 10.4. The second kappa shape index (κ2) is 9.32. The van der Waals surface area contributed by atoms with E-state index in [0.717, 1.165) is 17.1 Å². The lowest BCUT2D eigenvalue weighted by Crippen LogP contribution is -2.45. The normalized spacial score (nSPS) is 20.3. The van der Waals surface area contributed by atoms with Gasteiger partial charge in [-0.1, -0.05) is 19.9 Å². The van der Waals surface area contributed by atoms with Crippen molar-refractivity contribution in [2.24, 2.45) is 4.99 Å². The first kappa shape index (κ1) is 22.5. The molecule has 6 nitrogen and oxygen atoms in total. The van der Waals surface area contributed by atoms with Gasteiger partial charge in [-0.2, -0.15) is 13.2 Å². The van der Waals surface area contributed by atoms with Gasteiger partial charge in [-0.3, -0.25) is 9.89 Å². The zero-order valence-electron chi connectivity index (χ0n) is 17.8. The van der Waals surface area contributed by atoms with Gasteiger partial charge < -0.3 is 20.1 Å². The maximum absolute atomic E-state index is 12.6. The summed E-state index contributed by atoms with van der Waals surface area (Å²) in [5.74, 6) is 2.13. The summed E-state index contributed by atoms with van der Waals surface area (Å²) in [6, 6.07) is 5.89. The molecule has 0 radical (unpaired) electrons. The molecule has 2 heterocycles. The molecule has 168 valence electrons. The van der Waals surface area contributed by atoms with Crippen molar-refractivity contribution in [2.75, 3.05) is 45.9 Å². The molecule has 1 aromatic carbocycles. The summed E-state index contributed by atoms with van der Waals surface area (Å²) in [7, 11) is 0. The van der Waals surface area contributed by atoms with Crippen LogP contribution in [0.25, 0.3) is 0 Å². The van der Waals surface area contributed by atoms with E-state index in [-0.39, 0.29) is 11.5 Å². The molecule has 0 saturated carbocycles. The van der Waals surface area contributed by atoms with Crippen LogP contribution in [-0.2, 0) is 5.41 Å². The van der Waals surface area contributed by atoms with Gasteiger partial charge in [0, 0.05) is 31.1 Å². The molecule has 2 aliphatic heterocycles. The molecule has 2 N–H and O–H groups in total. The Labute approximate surface area is 175 Å². The molecule has 0 amide bonds. The first-order chi connectivity index (χ1) is 14.2. The molecule has 0 aromatic heterocycles. The van der Waals surface area contributed by atoms with Gasteiger partial charge >= 0.3 is 6.18 Å². The van der Waals surface area contributed by atoms with Crippen molar-refractivity contribution in [3.63, 3.8) is 0 Å². The highest BCUT2D eigenvalue weighted by Gasteiger charge is 2.34. The molecular weight excluding hydrogens is 397 g/mol. The minimum Gasteiger partial charge on any atom is -0.486 e. The van der Waals surface area contributed by atoms with Crippen LogP contribution in [0.1, 0.15) is 32.8 Å². The van der Waals surface area contributed by atoms with Crippen molar-refractivity contribution in [2.45, 2.75) is 44.8 Å². The lowest BCUT2D eigenvalue weighted by Gasteiger charge is -2.27. The number of nitrogens with zero attached hydrogens (tertiary/aromatic N) is 2. The number of guanidine groups is 1. The summed E-state index contributed by atoms with van der Waals surface area (Å²) in [5, 5.41) is 6.49. The maximum Gasteiger partial charge on any atom is 0.401 e. The summed E-state index contributed by atoms with van der Waals surface area (Å²) in [6.07, 6.45) is -3.51. The Balaban J connectivity index is 1.62. The van der Waals surface area contributed by atoms with Gasteiger partial charge in [0.25, 0.3) is 0 Å². The molecule has 1 saturated heterocycles. The molecule has 1 atom stereocenters. The zero-order chi connectivity index (χ0) is 21.8. The number of aliphatic imine (C=N–C) groups is 1. The quantitative estimate of drug-likeness (QED) is 0.539. The third-order valence-corrected chi connectivity index (χ3v) is 5.32. The summed E-state index contributed by atoms with van der Waals surface area (Å²) >= 11 is 0. The van der Waals surface area contributed by atoms with Crippen molar-refractivity contribution in [1.29, 1.82) is 0 Å². The Bertz CT molecular complexity index is 752. The van der Waals surface area contributed by atoms with E-state index in [1.165, 1.54) is 4.90 Å². The molecule has 3 rings (SSSR count). The van der Waals surface area contributed by atoms with E-state index in [9.17, 15) is 13.2 Å². The van der Waals surface area contributed by atoms with Crippen molar-refractivity contribution >= 4 is 5.96 Å². The zero-order valence-corrected chi connectivity index (χ0v) is 17.8. The number of rotatable bonds is 6. The van der Waals surface area contributed by atoms with Crippen LogP contribution >= 0.6 is 0 Å². The van der Waals surface area contributed by atoms with E-state index in [1.807, 2.05) is 25.1 Å². The Morgan fingerprint density at radius 3 is 2.63 bits per heavy atom. The predicted octanol–water partition coefficient (Wildman–Crippen LogP) is 2.93. The number of alkyl halides is 3. The fraction of sp³-hybridized carbons (Fsp3) is 0.667. The third kappa shape index (κ3) is 6.17. The van der Waals surface area contributed by atoms with Gasteiger partial charge in [-0.05, 0) is 31.0 Å². The average molecular weight is 428 g/mol. The lowest BCUT2D eigenvalue weighted by molar-refractivity contribution is -0.143. The van der Waals surface area contributed by atoms with Crippen LogP contribution in [0.4, 0.5) is 13.2 Å². The smallest absolute Gasteiger partial charge is 0.401 e. The van der Waals surface area contributed by atoms with Crippen molar-refractivity contribution in [1.82, 2.24) is 15.5 Å². The van der Waals surface area contributed by atoms with E-state index in [0.29, 0.717) is 51.8 Å². The van der Waals surface area contributed by atoms with Crippen molar-refractivity contribution in [3.8, 4) is 11.5 Å². The molecule has 30 heavy (non-hydrogen) atoms. The number of likely N-dealkylation sites (tertiary alicyclic amines) is 1. The van der Waals surface area contributed by atoms with E-state index >= 15 is 0 Å². The molecule has 0 bridgehead atoms. The van der Waals surface area contributed by atoms with Crippen LogP contribution < -0.4 is 20.1 Å². The number of halogens is 3. The van der Waals surface area contributed by atoms with Crippen LogP contribution in [0.5, 0.6) is 11.5 Å². The second-order valence-electron chi connectivity index (χ2n) is 8.42. The standard InChI is InChI=1S/C21H31F3N4O2/c1-4-25-19(27-16-7-8-28(12-16)14-21(22,23)24)26-13-20(2,3)15-5-6-17-18(11-15)30-10-9-29-17/h5-6,11,16H,4,7-10,12-14H2,1-3H3,(H2,25,26,27). The Morgan fingerprint density at radius 2 is 1.93 bits per heavy atom. The summed E-state index contributed by atoms with van der Waals surface area (Å²) in [6.45, 7) is 8.38. The summed E-state index contributed by atoms with van der Waals surface area (Å²) in [5.41, 5.74) is 0.833. The Kier molecular flexibility index (Phi) is 7.00. The molecule has 1 fully saturated rings. The minimum absolute atomic E-state index is 0.0532. The molecule has 0 aliphatic carbocycles. The molecule has 9 heteroatoms. The minimum atomic E-state index is -4.17. The molecule has 1 unspecified atom stereocenters. The predicted molar refractivity (Wildman–Crippen MR) is 110 cm³/mol. The second-order valence-corrected chi connectivity index (χ2v) is 8.42. The summed E-state index contributed by atoms with van der Waals surface area (Å²) < 4.78 is 49.1. The Morgan fingerprint density at radius 1 is 1.20 bits per heavy atom. The Hall–Kier alpha value is -2.16. The molecule has 1 aromatic rings. The fourth-order valence-corrected chi connectivity index (χ4v) is 3.69. The van der Waals surface area contributed by atoms with Gasteiger partial charge in [0.15, 0.2) is 17.5 Å². The maximum atomic E-state index is 12.6. The van der Waals surface area contributed by atoms with Crippen molar-refractivity contribution < 1.29 is 22.6 Å². The van der Waals surface area contributed by atoms with Gasteiger partial charge in [0.2, 0.25) is 0 Å². The van der Waals surface area contributed by atoms with Crippen molar-refractivity contribution in [3.05, 3.63) is 23.8 Å². The molecule has 0 spiro atoms. The van der Waals surface area contributed by atoms with Crippen LogP contribution in [0.2, 0.25) is 0 Å². The average Bonchev–Trinajstić information content (AvgIpc) is 3.11. The van der Waals surface area contributed by atoms with Gasteiger partial charge in [0.1, 0.15) is 13.2 Å². The van der Waals surface area contributed by atoms with Crippen LogP contribution in [0, 0.1) is 0 Å². The number of ether oxygens (including phenoxy) is 2. The molecular formula is C21H31F3N4O2. The van der Waals surface area contributed by atoms with Gasteiger partial charge in [-0.15, -0.1) is 0 Å². The number of hydrogen-bond acceptors (Lipinski definition) is 4. The largest absolute Gasteiger partial charge is 0.486 e. The van der Waals surface area contributed by atoms with Gasteiger partial charge in [0.05, 0.1) is 13.1 Å². The monoisotopic (exact) mass is 428 g/mol. The molecule has 2 aliphatic rings. The number of nitrogens with one attached hydrogen (secondary N) is 2. The first-order valence-corrected chi connectivity index (χ1v) is 10.4. The number of fused-ring (bicyclic) bond motifs is 1. The third-order valence-electron chi connectivity index (χ3n) is 5.32. The highest BCUT2D eigenvalue weighted by Crippen LogP contribution is 2.35. The van der Waals surface area contributed by atoms with E-state index in [1.54, 1.807) is 0 Å². The van der Waals surface area contributed by atoms with E-state index < -0.39 is 12.7 Å². The highest BCUT2D eigenvalue weighted by molar-refractivity contribution is 5.80.